The fourth-order valence-electron chi connectivity index (χ4n) is 3.95. The quantitative estimate of drug-likeness (QED) is 0.232. The summed E-state index contributed by atoms with van der Waals surface area (Å²) in [6, 6.07) is 26.5. The number of aromatic nitrogens is 1. The summed E-state index contributed by atoms with van der Waals surface area (Å²) in [6.45, 7) is 13.1. The first-order valence-corrected chi connectivity index (χ1v) is 13.1. The minimum atomic E-state index is 0.551. The van der Waals surface area contributed by atoms with Gasteiger partial charge in [-0.3, -0.25) is 0 Å². The molecule has 0 unspecified atom stereocenters. The number of aryl methyl sites for hydroxylation is 4. The van der Waals surface area contributed by atoms with Gasteiger partial charge in [0.15, 0.2) is 0 Å². The van der Waals surface area contributed by atoms with Crippen LogP contribution in [0.3, 0.4) is 0 Å². The van der Waals surface area contributed by atoms with E-state index in [2.05, 4.69) is 67.8 Å². The van der Waals surface area contributed by atoms with Crippen molar-refractivity contribution in [3.8, 4) is 18.1 Å². The molecule has 0 aliphatic rings. The standard InChI is InChI=1S/C23H24N2O.C12H14/c1-16-9-10-23(24-14-16)25-19(4)21-11-17(2)12-22(13-21)26-15-20-8-6-5-7-18(20)3;1-3-5-8-12-10-7-6-9-11(12)4-2/h5-14H,4,15H2,1-3H3,(H,24,25);2,6-7,9-10H,3,5,8H2,1H3. The molecule has 0 fully saturated rings. The summed E-state index contributed by atoms with van der Waals surface area (Å²) >= 11 is 0. The van der Waals surface area contributed by atoms with Crippen LogP contribution in [0.4, 0.5) is 5.82 Å². The number of hydrogen-bond donors (Lipinski definition) is 1. The van der Waals surface area contributed by atoms with Crippen LogP contribution in [0, 0.1) is 33.1 Å². The Morgan fingerprint density at radius 2 is 1.66 bits per heavy atom. The maximum Gasteiger partial charge on any atom is 0.130 e. The molecule has 0 saturated heterocycles. The first kappa shape index (κ1) is 28.3. The van der Waals surface area contributed by atoms with Crippen LogP contribution in [0.5, 0.6) is 5.75 Å². The van der Waals surface area contributed by atoms with Gasteiger partial charge in [-0.1, -0.05) is 74.4 Å². The molecule has 3 aromatic carbocycles. The zero-order valence-electron chi connectivity index (χ0n) is 23.1. The molecule has 0 aliphatic carbocycles. The molecule has 0 saturated carbocycles. The van der Waals surface area contributed by atoms with E-state index in [-0.39, 0.29) is 0 Å². The second kappa shape index (κ2) is 14.4. The van der Waals surface area contributed by atoms with E-state index in [1.807, 2.05) is 67.7 Å². The molecule has 0 spiro atoms. The van der Waals surface area contributed by atoms with Crippen LogP contribution in [0.1, 0.15) is 58.7 Å². The Kier molecular flexibility index (Phi) is 10.8. The van der Waals surface area contributed by atoms with E-state index >= 15 is 0 Å². The zero-order valence-corrected chi connectivity index (χ0v) is 23.1. The van der Waals surface area contributed by atoms with Crippen molar-refractivity contribution in [3.63, 3.8) is 0 Å². The summed E-state index contributed by atoms with van der Waals surface area (Å²) in [7, 11) is 0. The molecule has 0 atom stereocenters. The molecule has 0 aliphatic heterocycles. The summed E-state index contributed by atoms with van der Waals surface area (Å²) in [5, 5.41) is 3.26. The maximum atomic E-state index is 6.03. The first-order chi connectivity index (χ1) is 18.4. The Bertz CT molecular complexity index is 1380. The lowest BCUT2D eigenvalue weighted by atomic mass is 10.0. The summed E-state index contributed by atoms with van der Waals surface area (Å²) in [6.07, 6.45) is 10.8. The number of terminal acetylenes is 1. The molecule has 194 valence electrons. The third-order valence-corrected chi connectivity index (χ3v) is 6.22. The van der Waals surface area contributed by atoms with Gasteiger partial charge in [-0.2, -0.15) is 0 Å². The highest BCUT2D eigenvalue weighted by Gasteiger charge is 2.06. The Hall–Kier alpha value is -4.29. The second-order valence-corrected chi connectivity index (χ2v) is 9.48. The summed E-state index contributed by atoms with van der Waals surface area (Å²) in [5.41, 5.74) is 8.82. The number of unbranched alkanes of at least 4 members (excludes halogenated alkanes) is 1. The molecule has 3 nitrogen and oxygen atoms in total. The molecule has 1 aromatic heterocycles. The van der Waals surface area contributed by atoms with Crippen LogP contribution < -0.4 is 10.1 Å². The molecule has 1 N–H and O–H groups in total. The fourth-order valence-corrected chi connectivity index (χ4v) is 3.95. The van der Waals surface area contributed by atoms with Crippen LogP contribution in [0.25, 0.3) is 5.70 Å². The van der Waals surface area contributed by atoms with E-state index in [4.69, 9.17) is 11.2 Å². The third kappa shape index (κ3) is 8.68. The van der Waals surface area contributed by atoms with Crippen LogP contribution in [-0.2, 0) is 13.0 Å². The maximum absolute atomic E-state index is 6.03. The molecule has 0 bridgehead atoms. The average molecular weight is 503 g/mol. The third-order valence-electron chi connectivity index (χ3n) is 6.22. The van der Waals surface area contributed by atoms with Crippen LogP contribution in [0.2, 0.25) is 0 Å². The van der Waals surface area contributed by atoms with E-state index in [0.717, 1.165) is 45.9 Å². The lowest BCUT2D eigenvalue weighted by Gasteiger charge is -2.13. The second-order valence-electron chi connectivity index (χ2n) is 9.48. The van der Waals surface area contributed by atoms with Crippen molar-refractivity contribution in [1.29, 1.82) is 0 Å². The fraction of sp³-hybridized carbons (Fsp3) is 0.229. The highest BCUT2D eigenvalue weighted by atomic mass is 16.5. The minimum Gasteiger partial charge on any atom is -0.489 e. The molecule has 3 heteroatoms. The van der Waals surface area contributed by atoms with Gasteiger partial charge in [0.05, 0.1) is 0 Å². The van der Waals surface area contributed by atoms with E-state index in [0.29, 0.717) is 6.61 Å². The largest absolute Gasteiger partial charge is 0.489 e. The average Bonchev–Trinajstić information content (AvgIpc) is 2.93. The number of ether oxygens (including phenoxy) is 1. The molecule has 1 heterocycles. The molecule has 0 radical (unpaired) electrons. The van der Waals surface area contributed by atoms with Crippen molar-refractivity contribution < 1.29 is 4.74 Å². The summed E-state index contributed by atoms with van der Waals surface area (Å²) in [5.74, 6) is 4.32. The SMILES string of the molecule is C#Cc1ccccc1CCCC.C=C(Nc1ccc(C)cn1)c1cc(C)cc(OCc2ccccc2C)c1. The van der Waals surface area contributed by atoms with Gasteiger partial charge in [-0.15, -0.1) is 6.42 Å². The Balaban J connectivity index is 0.000000279. The number of nitrogens with one attached hydrogen (secondary N) is 1. The molecule has 4 aromatic rings. The van der Waals surface area contributed by atoms with Gasteiger partial charge in [-0.25, -0.2) is 4.98 Å². The number of anilines is 1. The van der Waals surface area contributed by atoms with Crippen LogP contribution in [0.15, 0.2) is 91.6 Å². The van der Waals surface area contributed by atoms with E-state index in [1.165, 1.54) is 29.5 Å². The van der Waals surface area contributed by atoms with Gasteiger partial charge in [-0.05, 0) is 91.8 Å². The minimum absolute atomic E-state index is 0.551. The van der Waals surface area contributed by atoms with Gasteiger partial charge in [0.1, 0.15) is 18.2 Å². The highest BCUT2D eigenvalue weighted by Crippen LogP contribution is 2.24. The molecule has 4 rings (SSSR count). The molecule has 38 heavy (non-hydrogen) atoms. The highest BCUT2D eigenvalue weighted by molar-refractivity contribution is 5.74. The lowest BCUT2D eigenvalue weighted by Crippen LogP contribution is -2.02. The Morgan fingerprint density at radius 3 is 2.34 bits per heavy atom. The van der Waals surface area contributed by atoms with Crippen LogP contribution in [-0.4, -0.2) is 4.98 Å². The van der Waals surface area contributed by atoms with Gasteiger partial charge >= 0.3 is 0 Å². The molecular weight excluding hydrogens is 464 g/mol. The smallest absolute Gasteiger partial charge is 0.130 e. The van der Waals surface area contributed by atoms with Crippen molar-refractivity contribution in [2.45, 2.75) is 53.6 Å². The molecule has 0 amide bonds. The van der Waals surface area contributed by atoms with Gasteiger partial charge < -0.3 is 10.1 Å². The number of benzene rings is 3. The monoisotopic (exact) mass is 502 g/mol. The predicted octanol–water partition coefficient (Wildman–Crippen LogP) is 8.68. The topological polar surface area (TPSA) is 34.2 Å². The van der Waals surface area contributed by atoms with Gasteiger partial charge in [0, 0.05) is 23.0 Å². The van der Waals surface area contributed by atoms with Crippen molar-refractivity contribution in [2.75, 3.05) is 5.32 Å². The normalized spacial score (nSPS) is 10.1. The van der Waals surface area contributed by atoms with Crippen molar-refractivity contribution in [1.82, 2.24) is 4.98 Å². The Labute approximate surface area is 228 Å². The first-order valence-electron chi connectivity index (χ1n) is 13.1. The summed E-state index contributed by atoms with van der Waals surface area (Å²) < 4.78 is 6.03. The van der Waals surface area contributed by atoms with Gasteiger partial charge in [0.2, 0.25) is 0 Å². The van der Waals surface area contributed by atoms with Gasteiger partial charge in [0.25, 0.3) is 0 Å². The Morgan fingerprint density at radius 1 is 0.921 bits per heavy atom. The van der Waals surface area contributed by atoms with Crippen molar-refractivity contribution in [2.24, 2.45) is 0 Å². The summed E-state index contributed by atoms with van der Waals surface area (Å²) in [4.78, 5) is 4.37. The number of rotatable bonds is 9. The zero-order chi connectivity index (χ0) is 27.3. The van der Waals surface area contributed by atoms with Crippen molar-refractivity contribution >= 4 is 11.5 Å². The van der Waals surface area contributed by atoms with Crippen LogP contribution >= 0.6 is 0 Å². The van der Waals surface area contributed by atoms with Crippen molar-refractivity contribution in [3.05, 3.63) is 131 Å². The van der Waals surface area contributed by atoms with E-state index < -0.39 is 0 Å². The number of pyridine rings is 1. The molecular formula is C35H38N2O. The lowest BCUT2D eigenvalue weighted by molar-refractivity contribution is 0.305. The predicted molar refractivity (Wildman–Crippen MR) is 161 cm³/mol. The number of nitrogens with zero attached hydrogens (tertiary/aromatic N) is 1. The van der Waals surface area contributed by atoms with E-state index in [1.54, 1.807) is 0 Å². The van der Waals surface area contributed by atoms with E-state index in [9.17, 15) is 0 Å². The number of hydrogen-bond acceptors (Lipinski definition) is 3.